The molecule has 0 radical (unpaired) electrons. The fraction of sp³-hybridized carbons (Fsp3) is 0.720. The van der Waals surface area contributed by atoms with Crippen LogP contribution in [-0.2, 0) is 5.41 Å². The standard InChI is InChI=1S/C25H36N2S/c1-17-18-11-24(20-7-5-4-6-8-20)12-19(17)14-25(13-18,15-24)22(28)27-10-9-21(26)23(2,3)16-27/h4-8,17-19,21H,9-16,26H2,1-3H3/t17?,18?,19?,21-,24?,25?/m0/s1. The zero-order chi connectivity index (χ0) is 19.7. The predicted molar refractivity (Wildman–Crippen MR) is 120 cm³/mol. The summed E-state index contributed by atoms with van der Waals surface area (Å²) in [5.74, 6) is 2.53. The van der Waals surface area contributed by atoms with Crippen LogP contribution in [0.5, 0.6) is 0 Å². The topological polar surface area (TPSA) is 29.3 Å². The van der Waals surface area contributed by atoms with Crippen molar-refractivity contribution in [1.29, 1.82) is 0 Å². The molecular formula is C25H36N2S. The Hall–Kier alpha value is -0.930. The number of piperidine rings is 1. The third-order valence-corrected chi connectivity index (χ3v) is 9.91. The van der Waals surface area contributed by atoms with Gasteiger partial charge in [-0.15, -0.1) is 0 Å². The van der Waals surface area contributed by atoms with Gasteiger partial charge in [-0.25, -0.2) is 0 Å². The first-order valence-electron chi connectivity index (χ1n) is 11.4. The third-order valence-electron chi connectivity index (χ3n) is 9.21. The summed E-state index contributed by atoms with van der Waals surface area (Å²) in [7, 11) is 0. The molecule has 1 aliphatic heterocycles. The third kappa shape index (κ3) is 2.72. The maximum atomic E-state index is 6.43. The summed E-state index contributed by atoms with van der Waals surface area (Å²) < 4.78 is 0. The normalized spacial score (nSPS) is 43.9. The molecule has 2 N–H and O–H groups in total. The van der Waals surface area contributed by atoms with Gasteiger partial charge < -0.3 is 10.6 Å². The Morgan fingerprint density at radius 2 is 1.71 bits per heavy atom. The summed E-state index contributed by atoms with van der Waals surface area (Å²) >= 11 is 6.33. The van der Waals surface area contributed by atoms with Crippen molar-refractivity contribution in [3.8, 4) is 0 Å². The zero-order valence-electron chi connectivity index (χ0n) is 17.8. The molecule has 0 aromatic heterocycles. The Morgan fingerprint density at radius 1 is 1.07 bits per heavy atom. The second kappa shape index (κ2) is 6.28. The Bertz CT molecular complexity index is 754. The van der Waals surface area contributed by atoms with Crippen LogP contribution in [0, 0.1) is 28.6 Å². The molecule has 4 aliphatic carbocycles. The number of nitrogens with zero attached hydrogens (tertiary/aromatic N) is 1. The minimum Gasteiger partial charge on any atom is -0.365 e. The van der Waals surface area contributed by atoms with Gasteiger partial charge in [-0.05, 0) is 72.7 Å². The second-order valence-corrected chi connectivity index (χ2v) is 11.8. The molecule has 4 bridgehead atoms. The molecule has 28 heavy (non-hydrogen) atoms. The van der Waals surface area contributed by atoms with Crippen molar-refractivity contribution in [2.45, 2.75) is 70.8 Å². The number of thiocarbonyl (C=S) groups is 1. The predicted octanol–water partition coefficient (Wildman–Crippen LogP) is 5.16. The first kappa shape index (κ1) is 19.1. The number of nitrogens with two attached hydrogens (primary N) is 1. The number of hydrogen-bond donors (Lipinski definition) is 1. The average Bonchev–Trinajstić information content (AvgIpc) is 2.67. The molecule has 1 saturated heterocycles. The molecule has 1 heterocycles. The van der Waals surface area contributed by atoms with E-state index in [1.807, 2.05) is 0 Å². The molecular weight excluding hydrogens is 360 g/mol. The molecule has 152 valence electrons. The number of rotatable bonds is 2. The van der Waals surface area contributed by atoms with Gasteiger partial charge in [0.25, 0.3) is 0 Å². The molecule has 0 spiro atoms. The summed E-state index contributed by atoms with van der Waals surface area (Å²) in [4.78, 5) is 3.85. The van der Waals surface area contributed by atoms with Crippen molar-refractivity contribution in [3.63, 3.8) is 0 Å². The minimum atomic E-state index is 0.148. The van der Waals surface area contributed by atoms with E-state index in [9.17, 15) is 0 Å². The summed E-state index contributed by atoms with van der Waals surface area (Å²) in [5, 5.41) is 0. The van der Waals surface area contributed by atoms with Crippen molar-refractivity contribution >= 4 is 17.2 Å². The molecule has 3 atom stereocenters. The molecule has 5 fully saturated rings. The van der Waals surface area contributed by atoms with Crippen LogP contribution >= 0.6 is 12.2 Å². The van der Waals surface area contributed by atoms with E-state index in [4.69, 9.17) is 18.0 Å². The average molecular weight is 397 g/mol. The molecule has 1 aromatic carbocycles. The fourth-order valence-electron chi connectivity index (χ4n) is 7.65. The highest BCUT2D eigenvalue weighted by Crippen LogP contribution is 2.68. The van der Waals surface area contributed by atoms with Crippen LogP contribution in [0.4, 0.5) is 0 Å². The minimum absolute atomic E-state index is 0.148. The lowest BCUT2D eigenvalue weighted by molar-refractivity contribution is -0.0786. The van der Waals surface area contributed by atoms with Crippen molar-refractivity contribution < 1.29 is 0 Å². The van der Waals surface area contributed by atoms with Crippen LogP contribution in [0.1, 0.15) is 64.9 Å². The molecule has 5 aliphatic rings. The second-order valence-electron chi connectivity index (χ2n) is 11.4. The first-order chi connectivity index (χ1) is 13.2. The molecule has 0 amide bonds. The SMILES string of the molecule is CC1C2CC3(C(=S)N4CC[C@H](N)C(C)(C)C4)CC1CC(c1ccccc1)(C2)C3. The van der Waals surface area contributed by atoms with Gasteiger partial charge in [0.2, 0.25) is 0 Å². The molecule has 3 heteroatoms. The maximum Gasteiger partial charge on any atom is 0.0842 e. The van der Waals surface area contributed by atoms with Gasteiger partial charge >= 0.3 is 0 Å². The number of likely N-dealkylation sites (tertiary alicyclic amines) is 1. The lowest BCUT2D eigenvalue weighted by Crippen LogP contribution is -2.63. The largest absolute Gasteiger partial charge is 0.365 e. The van der Waals surface area contributed by atoms with Gasteiger partial charge in [0.05, 0.1) is 4.99 Å². The Labute approximate surface area is 176 Å². The van der Waals surface area contributed by atoms with Crippen molar-refractivity contribution in [2.24, 2.45) is 34.3 Å². The van der Waals surface area contributed by atoms with Crippen LogP contribution < -0.4 is 5.73 Å². The van der Waals surface area contributed by atoms with Crippen LogP contribution in [0.15, 0.2) is 30.3 Å². The van der Waals surface area contributed by atoms with Crippen LogP contribution in [-0.4, -0.2) is 29.0 Å². The van der Waals surface area contributed by atoms with E-state index in [1.165, 1.54) is 37.1 Å². The van der Waals surface area contributed by atoms with Gasteiger partial charge in [0, 0.05) is 24.5 Å². The fourth-order valence-corrected chi connectivity index (χ4v) is 8.04. The zero-order valence-corrected chi connectivity index (χ0v) is 18.6. The highest BCUT2D eigenvalue weighted by Gasteiger charge is 2.62. The van der Waals surface area contributed by atoms with Crippen LogP contribution in [0.2, 0.25) is 0 Å². The van der Waals surface area contributed by atoms with Gasteiger partial charge in [0.1, 0.15) is 0 Å². The van der Waals surface area contributed by atoms with Gasteiger partial charge in [0.15, 0.2) is 0 Å². The van der Waals surface area contributed by atoms with Gasteiger partial charge in [-0.3, -0.25) is 0 Å². The summed E-state index contributed by atoms with van der Waals surface area (Å²) in [5.41, 5.74) is 8.74. The number of hydrogen-bond acceptors (Lipinski definition) is 2. The summed E-state index contributed by atoms with van der Waals surface area (Å²) in [6, 6.07) is 11.7. The van der Waals surface area contributed by atoms with E-state index < -0.39 is 0 Å². The maximum absolute atomic E-state index is 6.43. The molecule has 2 unspecified atom stereocenters. The van der Waals surface area contributed by atoms with Crippen molar-refractivity contribution in [1.82, 2.24) is 4.90 Å². The van der Waals surface area contributed by atoms with E-state index in [0.29, 0.717) is 11.5 Å². The van der Waals surface area contributed by atoms with E-state index in [2.05, 4.69) is 56.0 Å². The smallest absolute Gasteiger partial charge is 0.0842 e. The highest BCUT2D eigenvalue weighted by molar-refractivity contribution is 7.80. The molecule has 6 rings (SSSR count). The highest BCUT2D eigenvalue weighted by atomic mass is 32.1. The van der Waals surface area contributed by atoms with Crippen LogP contribution in [0.25, 0.3) is 0 Å². The number of benzene rings is 1. The lowest BCUT2D eigenvalue weighted by atomic mass is 9.40. The lowest BCUT2D eigenvalue weighted by Gasteiger charge is -2.66. The molecule has 2 nitrogen and oxygen atoms in total. The quantitative estimate of drug-likeness (QED) is 0.700. The molecule has 1 aromatic rings. The van der Waals surface area contributed by atoms with Gasteiger partial charge in [-0.1, -0.05) is 63.3 Å². The Morgan fingerprint density at radius 3 is 2.32 bits per heavy atom. The van der Waals surface area contributed by atoms with E-state index in [-0.39, 0.29) is 10.8 Å². The van der Waals surface area contributed by atoms with E-state index in [1.54, 1.807) is 5.56 Å². The van der Waals surface area contributed by atoms with E-state index in [0.717, 1.165) is 37.3 Å². The Kier molecular flexibility index (Phi) is 4.28. The first-order valence-corrected chi connectivity index (χ1v) is 11.8. The van der Waals surface area contributed by atoms with Gasteiger partial charge in [-0.2, -0.15) is 0 Å². The van der Waals surface area contributed by atoms with E-state index >= 15 is 0 Å². The Balaban J connectivity index is 1.49. The van der Waals surface area contributed by atoms with Crippen molar-refractivity contribution in [3.05, 3.63) is 35.9 Å². The molecule has 4 saturated carbocycles. The van der Waals surface area contributed by atoms with Crippen LogP contribution in [0.3, 0.4) is 0 Å². The van der Waals surface area contributed by atoms with Crippen molar-refractivity contribution in [2.75, 3.05) is 13.1 Å². The summed E-state index contributed by atoms with van der Waals surface area (Å²) in [6.45, 7) is 9.23. The monoisotopic (exact) mass is 396 g/mol. The summed E-state index contributed by atoms with van der Waals surface area (Å²) in [6.07, 6.45) is 7.72.